The molecule has 0 spiro atoms. The third kappa shape index (κ3) is 4.16. The van der Waals surface area contributed by atoms with Crippen molar-refractivity contribution in [1.29, 1.82) is 0 Å². The van der Waals surface area contributed by atoms with E-state index in [0.717, 1.165) is 11.4 Å². The summed E-state index contributed by atoms with van der Waals surface area (Å²) < 4.78 is 1.95. The first-order valence-corrected chi connectivity index (χ1v) is 6.50. The fourth-order valence-electron chi connectivity index (χ4n) is 2.15. The average Bonchev–Trinajstić information content (AvgIpc) is 2.61. The van der Waals surface area contributed by atoms with Gasteiger partial charge in [-0.2, -0.15) is 0 Å². The molecule has 0 radical (unpaired) electrons. The molecule has 1 aromatic rings. The van der Waals surface area contributed by atoms with E-state index in [9.17, 15) is 14.4 Å². The highest BCUT2D eigenvalue weighted by Crippen LogP contribution is 2.19. The van der Waals surface area contributed by atoms with Gasteiger partial charge in [-0.15, -0.1) is 0 Å². The molecule has 0 aliphatic heterocycles. The monoisotopic (exact) mass is 263 g/mol. The summed E-state index contributed by atoms with van der Waals surface area (Å²) in [7, 11) is 1.89. The summed E-state index contributed by atoms with van der Waals surface area (Å²) in [4.78, 5) is 33.8. The van der Waals surface area contributed by atoms with Crippen molar-refractivity contribution in [3.63, 3.8) is 0 Å². The Morgan fingerprint density at radius 1 is 1.00 bits per heavy atom. The second-order valence-electron chi connectivity index (χ2n) is 5.02. The maximum Gasteiger partial charge on any atom is 0.161 e. The molecule has 4 nitrogen and oxygen atoms in total. The molecule has 0 fully saturated rings. The summed E-state index contributed by atoms with van der Waals surface area (Å²) in [6, 6.07) is 1.85. The van der Waals surface area contributed by atoms with Crippen LogP contribution in [0.3, 0.4) is 0 Å². The predicted molar refractivity (Wildman–Crippen MR) is 73.4 cm³/mol. The van der Waals surface area contributed by atoms with Crippen LogP contribution in [0, 0.1) is 0 Å². The van der Waals surface area contributed by atoms with Crippen LogP contribution in [0.1, 0.15) is 55.4 Å². The molecule has 0 unspecified atom stereocenters. The number of hydrogen-bond acceptors (Lipinski definition) is 3. The Bertz CT molecular complexity index is 512. The van der Waals surface area contributed by atoms with Gasteiger partial charge in [0.25, 0.3) is 0 Å². The Balaban J connectivity index is 3.01. The lowest BCUT2D eigenvalue weighted by Crippen LogP contribution is -2.07. The van der Waals surface area contributed by atoms with Crippen LogP contribution in [0.15, 0.2) is 6.07 Å². The van der Waals surface area contributed by atoms with E-state index in [1.165, 1.54) is 6.92 Å². The Morgan fingerprint density at radius 2 is 1.53 bits per heavy atom. The summed E-state index contributed by atoms with van der Waals surface area (Å²) in [6.07, 6.45) is 2.11. The zero-order valence-electron chi connectivity index (χ0n) is 12.1. The SMILES string of the molecule is CC(=O)CCc1cc(C(C)=O)c(CCC(C)=O)n1C. The lowest BCUT2D eigenvalue weighted by molar-refractivity contribution is -0.117. The molecule has 1 rings (SSSR count). The van der Waals surface area contributed by atoms with Crippen LogP contribution in [0.4, 0.5) is 0 Å². The standard InChI is InChI=1S/C15H21NO3/c1-10(17)5-7-13-9-14(12(3)19)15(16(13)4)8-6-11(2)18/h9H,5-8H2,1-4H3. The Hall–Kier alpha value is -1.71. The van der Waals surface area contributed by atoms with Gasteiger partial charge in [0.1, 0.15) is 11.6 Å². The minimum Gasteiger partial charge on any atom is -0.351 e. The van der Waals surface area contributed by atoms with Gasteiger partial charge >= 0.3 is 0 Å². The van der Waals surface area contributed by atoms with Crippen molar-refractivity contribution in [1.82, 2.24) is 4.57 Å². The zero-order valence-corrected chi connectivity index (χ0v) is 12.1. The third-order valence-corrected chi connectivity index (χ3v) is 3.28. The van der Waals surface area contributed by atoms with Crippen LogP contribution in [0.2, 0.25) is 0 Å². The fourth-order valence-corrected chi connectivity index (χ4v) is 2.15. The van der Waals surface area contributed by atoms with Crippen LogP contribution < -0.4 is 0 Å². The summed E-state index contributed by atoms with van der Waals surface area (Å²) in [5.41, 5.74) is 2.53. The van der Waals surface area contributed by atoms with Crippen molar-refractivity contribution < 1.29 is 14.4 Å². The van der Waals surface area contributed by atoms with Gasteiger partial charge in [-0.05, 0) is 39.7 Å². The lowest BCUT2D eigenvalue weighted by Gasteiger charge is -2.07. The molecule has 4 heteroatoms. The fraction of sp³-hybridized carbons (Fsp3) is 0.533. The second kappa shape index (κ2) is 6.45. The maximum atomic E-state index is 11.6. The molecule has 0 aromatic carbocycles. The number of aryl methyl sites for hydroxylation is 1. The molecule has 1 aromatic heterocycles. The summed E-state index contributed by atoms with van der Waals surface area (Å²) >= 11 is 0. The molecule has 0 saturated carbocycles. The first-order valence-electron chi connectivity index (χ1n) is 6.50. The van der Waals surface area contributed by atoms with Crippen LogP contribution in [-0.4, -0.2) is 21.9 Å². The van der Waals surface area contributed by atoms with Gasteiger partial charge in [0.15, 0.2) is 5.78 Å². The van der Waals surface area contributed by atoms with Crippen molar-refractivity contribution in [3.05, 3.63) is 23.0 Å². The van der Waals surface area contributed by atoms with E-state index in [4.69, 9.17) is 0 Å². The number of rotatable bonds is 7. The predicted octanol–water partition coefficient (Wildman–Crippen LogP) is 2.27. The maximum absolute atomic E-state index is 11.6. The number of hydrogen-bond donors (Lipinski definition) is 0. The molecule has 0 bridgehead atoms. The Labute approximate surface area is 113 Å². The smallest absolute Gasteiger partial charge is 0.161 e. The molecular weight excluding hydrogens is 242 g/mol. The van der Waals surface area contributed by atoms with Crippen molar-refractivity contribution in [2.75, 3.05) is 0 Å². The molecule has 0 amide bonds. The van der Waals surface area contributed by atoms with Crippen molar-refractivity contribution in [2.45, 2.75) is 46.5 Å². The van der Waals surface area contributed by atoms with E-state index in [0.29, 0.717) is 31.2 Å². The topological polar surface area (TPSA) is 56.1 Å². The average molecular weight is 263 g/mol. The van der Waals surface area contributed by atoms with Crippen molar-refractivity contribution in [3.8, 4) is 0 Å². The van der Waals surface area contributed by atoms with Gasteiger partial charge in [0.05, 0.1) is 0 Å². The number of ketones is 3. The van der Waals surface area contributed by atoms with E-state index >= 15 is 0 Å². The number of nitrogens with zero attached hydrogens (tertiary/aromatic N) is 1. The molecule has 19 heavy (non-hydrogen) atoms. The van der Waals surface area contributed by atoms with Crippen LogP contribution in [0.25, 0.3) is 0 Å². The summed E-state index contributed by atoms with van der Waals surface area (Å²) in [5, 5.41) is 0. The zero-order chi connectivity index (χ0) is 14.6. The van der Waals surface area contributed by atoms with Gasteiger partial charge in [0.2, 0.25) is 0 Å². The molecular formula is C15H21NO3. The highest BCUT2D eigenvalue weighted by atomic mass is 16.1. The first-order chi connectivity index (χ1) is 8.82. The summed E-state index contributed by atoms with van der Waals surface area (Å²) in [5.74, 6) is 0.250. The van der Waals surface area contributed by atoms with Crippen molar-refractivity contribution >= 4 is 17.3 Å². The number of carbonyl (C=O) groups excluding carboxylic acids is 3. The van der Waals surface area contributed by atoms with Crippen LogP contribution >= 0.6 is 0 Å². The van der Waals surface area contributed by atoms with Gasteiger partial charge in [-0.25, -0.2) is 0 Å². The minimum absolute atomic E-state index is 0.00299. The quantitative estimate of drug-likeness (QED) is 0.709. The van der Waals surface area contributed by atoms with E-state index in [1.807, 2.05) is 17.7 Å². The third-order valence-electron chi connectivity index (χ3n) is 3.28. The van der Waals surface area contributed by atoms with Gasteiger partial charge in [-0.3, -0.25) is 4.79 Å². The molecule has 0 atom stereocenters. The van der Waals surface area contributed by atoms with E-state index < -0.39 is 0 Å². The first kappa shape index (κ1) is 15.3. The number of carbonyl (C=O) groups is 3. The minimum atomic E-state index is 0.00299. The van der Waals surface area contributed by atoms with Crippen molar-refractivity contribution in [2.24, 2.45) is 7.05 Å². The highest BCUT2D eigenvalue weighted by molar-refractivity contribution is 5.95. The molecule has 104 valence electrons. The molecule has 0 saturated heterocycles. The van der Waals surface area contributed by atoms with Crippen LogP contribution in [0.5, 0.6) is 0 Å². The number of aromatic nitrogens is 1. The highest BCUT2D eigenvalue weighted by Gasteiger charge is 2.16. The normalized spacial score (nSPS) is 10.5. The second-order valence-corrected chi connectivity index (χ2v) is 5.02. The van der Waals surface area contributed by atoms with Gasteiger partial charge in [0, 0.05) is 36.8 Å². The van der Waals surface area contributed by atoms with E-state index in [1.54, 1.807) is 13.8 Å². The Kier molecular flexibility index (Phi) is 5.21. The molecule has 0 N–H and O–H groups in total. The van der Waals surface area contributed by atoms with Gasteiger partial charge < -0.3 is 14.2 Å². The van der Waals surface area contributed by atoms with E-state index in [2.05, 4.69) is 0 Å². The largest absolute Gasteiger partial charge is 0.351 e. The van der Waals surface area contributed by atoms with Gasteiger partial charge in [-0.1, -0.05) is 0 Å². The van der Waals surface area contributed by atoms with Crippen LogP contribution in [-0.2, 0) is 29.5 Å². The van der Waals surface area contributed by atoms with E-state index in [-0.39, 0.29) is 17.3 Å². The molecule has 0 aliphatic rings. The molecule has 1 heterocycles. The lowest BCUT2D eigenvalue weighted by atomic mass is 10.1. The Morgan fingerprint density at radius 3 is 2.00 bits per heavy atom. The summed E-state index contributed by atoms with van der Waals surface area (Å²) in [6.45, 7) is 4.64. The molecule has 0 aliphatic carbocycles. The number of Topliss-reactive ketones (excluding diaryl/α,β-unsaturated/α-hetero) is 3.